The molecule has 0 atom stereocenters. The van der Waals surface area contributed by atoms with Gasteiger partial charge in [-0.2, -0.15) is 9.97 Å². The van der Waals surface area contributed by atoms with E-state index >= 15 is 0 Å². The number of Topliss-reactive ketones (excluding diaryl/α,β-unsaturated/α-hetero) is 1. The number of nitrogen functional groups attached to an aromatic ring is 2. The number of anilines is 3. The van der Waals surface area contributed by atoms with Crippen LogP contribution in [0.15, 0.2) is 163 Å². The van der Waals surface area contributed by atoms with Crippen LogP contribution in [0.4, 0.5) is 23.4 Å². The molecule has 18 aromatic heterocycles. The zero-order valence-corrected chi connectivity index (χ0v) is 74.1. The highest BCUT2D eigenvalue weighted by molar-refractivity contribution is 6.08. The molecule has 20 rings (SSSR count). The first-order chi connectivity index (χ1) is 60.3. The van der Waals surface area contributed by atoms with Crippen LogP contribution < -0.4 is 55.6 Å². The van der Waals surface area contributed by atoms with Crippen LogP contribution in [0, 0.1) is 13.8 Å². The van der Waals surface area contributed by atoms with Crippen molar-refractivity contribution < 1.29 is 4.79 Å². The fourth-order valence-electron chi connectivity index (χ4n) is 13.3. The summed E-state index contributed by atoms with van der Waals surface area (Å²) < 4.78 is 23.3. The third-order valence-electron chi connectivity index (χ3n) is 19.7. The van der Waals surface area contributed by atoms with Crippen molar-refractivity contribution in [3.63, 3.8) is 0 Å². The molecule has 127 heavy (non-hydrogen) atoms. The summed E-state index contributed by atoms with van der Waals surface area (Å²) in [5.41, 5.74) is 19.2. The number of hydrogen-bond donors (Lipinski definition) is 7. The second-order valence-corrected chi connectivity index (χ2v) is 32.0. The highest BCUT2D eigenvalue weighted by atomic mass is 16.2. The number of ketones is 1. The van der Waals surface area contributed by atoms with E-state index in [1.165, 1.54) is 4.40 Å². The number of carbonyl (C=O) groups excluding carboxylic acids is 1. The SMILES string of the molecule is C=C1Cn2c(nc3c(ncn3C(C)C)c2=O)N1.CC(C)n1ccc(=O)c2nccn21.CC(C)n1ccc(=O)n2ccnc12.CC(C)n1cnc2c(=O)[nH]c(N)nc21.CC(C)n1cnc2c(=O)n3ccnc3[nH]c21.CC(C)n1cnc2c(N)ccnc21.CC(C)n1cnc2c1N=CCC2=O.Cc1nc2c(ncn2C(C)C)c(=O)[nH]1.Cc1nc2c(nnn2C(C)C)c(=O)[nH]1. The van der Waals surface area contributed by atoms with Crippen LogP contribution in [-0.2, 0) is 6.54 Å². The Morgan fingerprint density at radius 2 is 0.945 bits per heavy atom. The van der Waals surface area contributed by atoms with E-state index in [-0.39, 0.29) is 80.7 Å². The van der Waals surface area contributed by atoms with Crippen LogP contribution in [0.3, 0.4) is 0 Å². The molecule has 0 amide bonds. The maximum Gasteiger partial charge on any atom is 0.287 e. The fourth-order valence-corrected chi connectivity index (χ4v) is 13.3. The third-order valence-corrected chi connectivity index (χ3v) is 19.7. The average molecular weight is 1730 g/mol. The molecule has 0 saturated heterocycles. The van der Waals surface area contributed by atoms with Crippen molar-refractivity contribution >= 4 is 120 Å². The molecule has 18 aromatic rings. The van der Waals surface area contributed by atoms with Crippen LogP contribution in [-0.4, -0.2) is 171 Å². The number of H-pyrrole nitrogens is 4. The number of aromatic nitrogens is 33. The van der Waals surface area contributed by atoms with Gasteiger partial charge in [0.15, 0.2) is 78.8 Å². The summed E-state index contributed by atoms with van der Waals surface area (Å²) in [6, 6.07) is 7.21. The minimum atomic E-state index is -0.299. The minimum absolute atomic E-state index is 0.0376. The molecule has 20 heterocycles. The topological polar surface area (TPSA) is 545 Å². The number of carbonyl (C=O) groups is 1. The van der Waals surface area contributed by atoms with Gasteiger partial charge in [-0.3, -0.25) is 57.0 Å². The van der Waals surface area contributed by atoms with Crippen LogP contribution >= 0.6 is 0 Å². The van der Waals surface area contributed by atoms with E-state index in [1.54, 1.807) is 155 Å². The highest BCUT2D eigenvalue weighted by Gasteiger charge is 2.24. The largest absolute Gasteiger partial charge is 0.397 e. The summed E-state index contributed by atoms with van der Waals surface area (Å²) >= 11 is 0. The summed E-state index contributed by atoms with van der Waals surface area (Å²) in [5.74, 6) is 3.86. The van der Waals surface area contributed by atoms with Crippen molar-refractivity contribution in [2.45, 2.75) is 206 Å². The van der Waals surface area contributed by atoms with Gasteiger partial charge >= 0.3 is 0 Å². The molecule has 0 bridgehead atoms. The van der Waals surface area contributed by atoms with E-state index in [1.807, 2.05) is 115 Å². The molecule has 9 N–H and O–H groups in total. The molecule has 0 fully saturated rings. The number of pyridine rings is 1. The second-order valence-electron chi connectivity index (χ2n) is 32.0. The van der Waals surface area contributed by atoms with E-state index in [0.717, 1.165) is 22.5 Å². The van der Waals surface area contributed by atoms with Crippen molar-refractivity contribution in [2.75, 3.05) is 16.8 Å². The van der Waals surface area contributed by atoms with E-state index in [9.17, 15) is 38.4 Å². The number of aromatic amines is 4. The number of fused-ring (bicyclic) bond motifs is 11. The second kappa shape index (κ2) is 38.0. The summed E-state index contributed by atoms with van der Waals surface area (Å²) in [5, 5.41) is 10.7. The lowest BCUT2D eigenvalue weighted by Crippen LogP contribution is -2.19. The summed E-state index contributed by atoms with van der Waals surface area (Å²) in [6.45, 7) is 44.3. The van der Waals surface area contributed by atoms with Crippen LogP contribution in [0.5, 0.6) is 0 Å². The Bertz CT molecular complexity index is 7200. The molecule has 0 spiro atoms. The summed E-state index contributed by atoms with van der Waals surface area (Å²) in [7, 11) is 0. The first kappa shape index (κ1) is 90.6. The van der Waals surface area contributed by atoms with E-state index in [2.05, 4.69) is 158 Å². The molecule has 2 aliphatic rings. The van der Waals surface area contributed by atoms with E-state index in [4.69, 9.17) is 11.5 Å². The van der Waals surface area contributed by atoms with Gasteiger partial charge in [0, 0.05) is 135 Å². The zero-order valence-electron chi connectivity index (χ0n) is 74.1. The molecular formula is C82H103N37O8. The number of aliphatic imine (C=N–C) groups is 1. The molecule has 0 aliphatic carbocycles. The molecule has 45 nitrogen and oxygen atoms in total. The Morgan fingerprint density at radius 1 is 0.425 bits per heavy atom. The first-order valence-electron chi connectivity index (χ1n) is 40.9. The van der Waals surface area contributed by atoms with Crippen molar-refractivity contribution in [1.82, 2.24) is 159 Å². The number of nitrogens with zero attached hydrogens (tertiary/aromatic N) is 30. The van der Waals surface area contributed by atoms with Gasteiger partial charge in [-0.25, -0.2) is 78.4 Å². The van der Waals surface area contributed by atoms with Gasteiger partial charge in [0.05, 0.1) is 56.2 Å². The Balaban J connectivity index is 0.000000130. The third kappa shape index (κ3) is 19.3. The lowest BCUT2D eigenvalue weighted by Gasteiger charge is -2.12. The van der Waals surface area contributed by atoms with E-state index < -0.39 is 0 Å². The van der Waals surface area contributed by atoms with Crippen LogP contribution in [0.2, 0.25) is 0 Å². The monoisotopic (exact) mass is 1730 g/mol. The predicted octanol–water partition coefficient (Wildman–Crippen LogP) is 9.26. The smallest absolute Gasteiger partial charge is 0.287 e. The number of rotatable bonds is 9. The zero-order chi connectivity index (χ0) is 92.0. The minimum Gasteiger partial charge on any atom is -0.397 e. The molecule has 0 unspecified atom stereocenters. The highest BCUT2D eigenvalue weighted by Crippen LogP contribution is 2.27. The Kier molecular flexibility index (Phi) is 27.1. The molecular weight excluding hydrogens is 1630 g/mol. The van der Waals surface area contributed by atoms with Crippen molar-refractivity contribution in [1.29, 1.82) is 0 Å². The number of allylic oxidation sites excluding steroid dienone is 1. The van der Waals surface area contributed by atoms with Crippen molar-refractivity contribution in [3.05, 3.63) is 214 Å². The molecule has 45 heteroatoms. The van der Waals surface area contributed by atoms with E-state index in [0.29, 0.717) is 139 Å². The van der Waals surface area contributed by atoms with Crippen molar-refractivity contribution in [3.8, 4) is 0 Å². The standard InChI is InChI=1S/C11H13N5O.C10H11N5O.C9H12N4O.C9H12N4.3C9H11N3O.2C8H11N5O/c1-6(2)16-5-12-8-9(16)14-11-13-7(3)4-15(11)10(8)17;1-6(2)15-5-12-7-8(15)13-10-11-3-4-14(10)9(7)16;1-5(2)13-4-10-7-8(13)11-6(3)12-9(7)14;1-6(2)13-5-12-8-7(10)3-4-11-9(8)13;1-7(2)11-5-3-8(13)12-6-4-10-9(11)12;1-7(2)11-5-3-8(13)9-10-4-6-12(9)11;1-6(2)12-5-11-8-7(13)3-4-10-9(8)12;1-4(2)13-3-10-5-6(13)11-8(9)12-7(5)14;1-4(2)13-7-6(11-12-13)8(14)10-5(3)9-7/h5-6H,3-4H2,1-2H3,(H,13,14);3-6H,1-2H3,(H,11,13);4-5H,1-3H3,(H,11,12,14);3-6H,1-2H3,(H2,10,11);2*3-7H,1-2H3;4-6H,3H2,1-2H3;3-4H,1-2H3,(H3,9,11,12,14);4H,1-3H3,(H,9,10,14). The average Bonchev–Trinajstić information content (AvgIpc) is 1.61. The number of imidazole rings is 9. The maximum absolute atomic E-state index is 12.2. The Morgan fingerprint density at radius 3 is 1.56 bits per heavy atom. The normalized spacial score (nSPS) is 12.2. The van der Waals surface area contributed by atoms with Gasteiger partial charge < -0.3 is 63.7 Å². The summed E-state index contributed by atoms with van der Waals surface area (Å²) in [6.07, 6.45) is 27.3. The Hall–Kier alpha value is -15.6. The van der Waals surface area contributed by atoms with Gasteiger partial charge in [0.1, 0.15) is 22.8 Å². The van der Waals surface area contributed by atoms with Gasteiger partial charge in [0.2, 0.25) is 28.9 Å². The molecule has 0 aromatic carbocycles. The molecule has 0 radical (unpaired) electrons. The van der Waals surface area contributed by atoms with Gasteiger partial charge in [0.25, 0.3) is 33.4 Å². The van der Waals surface area contributed by atoms with Crippen LogP contribution in [0.1, 0.15) is 208 Å². The maximum atomic E-state index is 12.2. The lowest BCUT2D eigenvalue weighted by molar-refractivity contribution is 0.0996. The number of hydrogen-bond acceptors (Lipinski definition) is 28. The van der Waals surface area contributed by atoms with Crippen molar-refractivity contribution in [2.24, 2.45) is 4.99 Å². The van der Waals surface area contributed by atoms with Gasteiger partial charge in [-0.15, -0.1) is 5.10 Å². The molecule has 664 valence electrons. The number of aryl methyl sites for hydroxylation is 2. The molecule has 0 saturated carbocycles. The molecule has 2 aliphatic heterocycles. The van der Waals surface area contributed by atoms with Gasteiger partial charge in [-0.05, 0) is 145 Å². The Labute approximate surface area is 721 Å². The van der Waals surface area contributed by atoms with Crippen LogP contribution in [0.25, 0.3) is 84.2 Å². The van der Waals surface area contributed by atoms with Gasteiger partial charge in [-0.1, -0.05) is 11.8 Å². The first-order valence-corrected chi connectivity index (χ1v) is 40.9. The number of nitrogens with one attached hydrogen (secondary N) is 5. The fraction of sp³-hybridized carbons (Fsp3) is 0.378. The quantitative estimate of drug-likeness (QED) is 0.0707. The number of nitrogens with two attached hydrogens (primary N) is 2. The lowest BCUT2D eigenvalue weighted by atomic mass is 10.2. The predicted molar refractivity (Wildman–Crippen MR) is 483 cm³/mol. The summed E-state index contributed by atoms with van der Waals surface area (Å²) in [4.78, 5) is 165.